The lowest BCUT2D eigenvalue weighted by Crippen LogP contribution is -2.40. The van der Waals surface area contributed by atoms with Gasteiger partial charge in [-0.2, -0.15) is 0 Å². The summed E-state index contributed by atoms with van der Waals surface area (Å²) in [4.78, 5) is 14.7. The Hall–Kier alpha value is -1.59. The van der Waals surface area contributed by atoms with Crippen LogP contribution in [0.4, 0.5) is 5.69 Å². The monoisotopic (exact) mass is 335 g/mol. The van der Waals surface area contributed by atoms with Crippen LogP contribution in [-0.4, -0.2) is 30.9 Å². The van der Waals surface area contributed by atoms with Crippen molar-refractivity contribution < 1.29 is 6.16 Å². The molecule has 0 radical (unpaired) electrons. The zero-order valence-corrected chi connectivity index (χ0v) is 12.5. The predicted molar refractivity (Wildman–Crippen MR) is 83.9 cm³/mol. The Balaban J connectivity index is 0.00000161. The van der Waals surface area contributed by atoms with E-state index in [0.717, 1.165) is 28.9 Å². The Morgan fingerprint density at radius 1 is 1.10 bits per heavy atom. The Morgan fingerprint density at radius 2 is 1.80 bits per heavy atom. The van der Waals surface area contributed by atoms with Gasteiger partial charge in [-0.1, -0.05) is 15.9 Å². The van der Waals surface area contributed by atoms with E-state index in [1.54, 1.807) is 10.8 Å². The molecule has 0 spiro atoms. The standard InChI is InChI=1S/C15H15BrN2O2/c16-12-3-5-13(6-4-12)18-7-1-2-14(15(18)19)17-8-10-20-11-9-17/h1-7H,8-11H2/p+1. The molecule has 3 rings (SSSR count). The number of halogens is 1. The van der Waals surface area contributed by atoms with Crippen LogP contribution in [0, 0.1) is 0 Å². The maximum atomic E-state index is 12.6. The number of nitrogens with zero attached hydrogens (tertiary/aromatic N) is 2. The molecule has 1 aliphatic rings. The largest absolute Gasteiger partial charge is 1.00 e. The molecule has 0 aliphatic carbocycles. The van der Waals surface area contributed by atoms with Crippen molar-refractivity contribution in [3.8, 4) is 5.69 Å². The first-order chi connectivity index (χ1) is 9.75. The number of aromatic nitrogens is 1. The predicted octanol–water partition coefficient (Wildman–Crippen LogP) is 2.55. The Kier molecular flexibility index (Phi) is 3.89. The number of pyridine rings is 1. The van der Waals surface area contributed by atoms with Gasteiger partial charge in [0.2, 0.25) is 0 Å². The van der Waals surface area contributed by atoms with Crippen molar-refractivity contribution in [3.63, 3.8) is 0 Å². The van der Waals surface area contributed by atoms with Gasteiger partial charge >= 0.3 is 1.43 Å². The average Bonchev–Trinajstić information content (AvgIpc) is 2.49. The Labute approximate surface area is 127 Å². The number of hydrogen-bond acceptors (Lipinski definition) is 3. The van der Waals surface area contributed by atoms with E-state index in [-0.39, 0.29) is 6.99 Å². The second-order valence-corrected chi connectivity index (χ2v) is 5.56. The molecule has 1 aliphatic heterocycles. The highest BCUT2D eigenvalue weighted by atomic mass is 79.9. The fourth-order valence-corrected chi connectivity index (χ4v) is 2.60. The van der Waals surface area contributed by atoms with Crippen molar-refractivity contribution in [1.82, 2.24) is 4.57 Å². The fourth-order valence-electron chi connectivity index (χ4n) is 2.33. The van der Waals surface area contributed by atoms with Crippen molar-refractivity contribution in [2.24, 2.45) is 0 Å². The van der Waals surface area contributed by atoms with Crippen LogP contribution in [0.15, 0.2) is 51.9 Å². The van der Waals surface area contributed by atoms with Gasteiger partial charge in [0.25, 0.3) is 5.56 Å². The third kappa shape index (κ3) is 2.64. The summed E-state index contributed by atoms with van der Waals surface area (Å²) in [6.07, 6.45) is 1.80. The van der Waals surface area contributed by atoms with Crippen LogP contribution in [0.3, 0.4) is 0 Å². The van der Waals surface area contributed by atoms with Crippen LogP contribution >= 0.6 is 15.9 Å². The van der Waals surface area contributed by atoms with E-state index in [0.29, 0.717) is 13.2 Å². The zero-order chi connectivity index (χ0) is 13.9. The summed E-state index contributed by atoms with van der Waals surface area (Å²) in [5.74, 6) is 0. The van der Waals surface area contributed by atoms with E-state index in [2.05, 4.69) is 20.8 Å². The molecule has 2 aromatic rings. The molecule has 1 saturated heterocycles. The smallest absolute Gasteiger partial charge is 0.378 e. The highest BCUT2D eigenvalue weighted by Gasteiger charge is 2.15. The minimum atomic E-state index is 0. The topological polar surface area (TPSA) is 34.5 Å². The van der Waals surface area contributed by atoms with Crippen molar-refractivity contribution in [2.75, 3.05) is 31.2 Å². The summed E-state index contributed by atoms with van der Waals surface area (Å²) in [5, 5.41) is 0. The molecule has 1 fully saturated rings. The highest BCUT2D eigenvalue weighted by Crippen LogP contribution is 2.15. The summed E-state index contributed by atoms with van der Waals surface area (Å²) in [5.41, 5.74) is 1.61. The minimum Gasteiger partial charge on any atom is -0.378 e. The molecule has 0 saturated carbocycles. The van der Waals surface area contributed by atoms with Gasteiger partial charge in [-0.15, -0.1) is 0 Å². The number of ether oxygens (including phenoxy) is 1. The summed E-state index contributed by atoms with van der Waals surface area (Å²) < 4.78 is 8.01. The second-order valence-electron chi connectivity index (χ2n) is 4.64. The van der Waals surface area contributed by atoms with Gasteiger partial charge in [0, 0.05) is 29.4 Å². The average molecular weight is 336 g/mol. The van der Waals surface area contributed by atoms with Gasteiger partial charge < -0.3 is 9.64 Å². The third-order valence-corrected chi connectivity index (χ3v) is 3.91. The molecule has 5 heteroatoms. The van der Waals surface area contributed by atoms with E-state index >= 15 is 0 Å². The van der Waals surface area contributed by atoms with Crippen LogP contribution in [0.25, 0.3) is 5.69 Å². The van der Waals surface area contributed by atoms with E-state index in [1.807, 2.05) is 36.4 Å². The van der Waals surface area contributed by atoms with Crippen molar-refractivity contribution >= 4 is 21.6 Å². The lowest BCUT2D eigenvalue weighted by atomic mass is 10.3. The maximum absolute atomic E-state index is 12.6. The lowest BCUT2D eigenvalue weighted by Gasteiger charge is -2.28. The molecule has 0 bridgehead atoms. The molecule has 0 amide bonds. The van der Waals surface area contributed by atoms with Crippen molar-refractivity contribution in [1.29, 1.82) is 0 Å². The number of anilines is 1. The van der Waals surface area contributed by atoms with Crippen LogP contribution in [-0.2, 0) is 4.74 Å². The number of benzene rings is 1. The van der Waals surface area contributed by atoms with Gasteiger partial charge in [-0.3, -0.25) is 9.36 Å². The summed E-state index contributed by atoms with van der Waals surface area (Å²) in [6.45, 7) is 2.87. The quantitative estimate of drug-likeness (QED) is 0.845. The first-order valence-corrected chi connectivity index (χ1v) is 7.35. The fraction of sp³-hybridized carbons (Fsp3) is 0.267. The van der Waals surface area contributed by atoms with E-state index < -0.39 is 0 Å². The molecular formula is C15H16BrN2O2+. The summed E-state index contributed by atoms with van der Waals surface area (Å²) in [7, 11) is 0. The Bertz CT molecular complexity index is 651. The van der Waals surface area contributed by atoms with E-state index in [9.17, 15) is 4.79 Å². The third-order valence-electron chi connectivity index (χ3n) is 3.38. The van der Waals surface area contributed by atoms with Gasteiger partial charge in [0.05, 0.1) is 13.2 Å². The van der Waals surface area contributed by atoms with E-state index in [1.165, 1.54) is 0 Å². The van der Waals surface area contributed by atoms with Crippen LogP contribution in [0.2, 0.25) is 0 Å². The van der Waals surface area contributed by atoms with Crippen LogP contribution < -0.4 is 10.5 Å². The molecule has 2 heterocycles. The van der Waals surface area contributed by atoms with Crippen molar-refractivity contribution in [3.05, 3.63) is 57.4 Å². The van der Waals surface area contributed by atoms with Crippen LogP contribution in [0.5, 0.6) is 0 Å². The maximum Gasteiger partial charge on any atom is 1.00 e. The molecule has 20 heavy (non-hydrogen) atoms. The zero-order valence-electron chi connectivity index (χ0n) is 12.0. The second kappa shape index (κ2) is 5.81. The highest BCUT2D eigenvalue weighted by molar-refractivity contribution is 9.10. The molecule has 0 atom stereocenters. The number of hydrogen-bond donors (Lipinski definition) is 0. The normalized spacial score (nSPS) is 15.3. The summed E-state index contributed by atoms with van der Waals surface area (Å²) in [6, 6.07) is 11.5. The van der Waals surface area contributed by atoms with Gasteiger partial charge in [-0.25, -0.2) is 0 Å². The van der Waals surface area contributed by atoms with Crippen molar-refractivity contribution in [2.45, 2.75) is 0 Å². The van der Waals surface area contributed by atoms with E-state index in [4.69, 9.17) is 4.74 Å². The first kappa shape index (κ1) is 13.4. The molecule has 4 nitrogen and oxygen atoms in total. The number of morpholine rings is 1. The number of rotatable bonds is 2. The van der Waals surface area contributed by atoms with Gasteiger partial charge in [-0.05, 0) is 36.4 Å². The molecule has 0 unspecified atom stereocenters. The molecule has 1 aromatic heterocycles. The van der Waals surface area contributed by atoms with Crippen LogP contribution in [0.1, 0.15) is 1.43 Å². The van der Waals surface area contributed by atoms with Gasteiger partial charge in [0.1, 0.15) is 5.69 Å². The molecular weight excluding hydrogens is 320 g/mol. The molecule has 0 N–H and O–H groups in total. The van der Waals surface area contributed by atoms with Gasteiger partial charge in [0.15, 0.2) is 0 Å². The minimum absolute atomic E-state index is 0. The summed E-state index contributed by atoms with van der Waals surface area (Å²) >= 11 is 3.40. The SMILES string of the molecule is O=c1c(N2CCOCC2)cccn1-c1ccc(Br)cc1.[H+]. The lowest BCUT2D eigenvalue weighted by molar-refractivity contribution is 0.122. The molecule has 104 valence electrons. The molecule has 1 aromatic carbocycles. The first-order valence-electron chi connectivity index (χ1n) is 6.56. The Morgan fingerprint density at radius 3 is 2.50 bits per heavy atom.